The summed E-state index contributed by atoms with van der Waals surface area (Å²) in [6.45, 7) is 2.25. The molecule has 3 nitrogen and oxygen atoms in total. The molecule has 10 heavy (non-hydrogen) atoms. The van der Waals surface area contributed by atoms with Crippen LogP contribution in [0.1, 0.15) is 19.8 Å². The summed E-state index contributed by atoms with van der Waals surface area (Å²) in [5.74, 6) is -1.07. The molecule has 3 heteroatoms. The van der Waals surface area contributed by atoms with Crippen LogP contribution in [0.3, 0.4) is 0 Å². The number of carbonyl (C=O) groups is 1. The SMILES string of the molecule is CC1(C(CN)C(=O)O)CC1. The molecule has 0 saturated heterocycles. The van der Waals surface area contributed by atoms with E-state index in [1.165, 1.54) is 0 Å². The molecule has 0 bridgehead atoms. The second-order valence-electron chi connectivity index (χ2n) is 3.28. The zero-order valence-corrected chi connectivity index (χ0v) is 6.13. The predicted octanol–water partition coefficient (Wildman–Crippen LogP) is 0.446. The highest BCUT2D eigenvalue weighted by Crippen LogP contribution is 2.51. The van der Waals surface area contributed by atoms with Gasteiger partial charge in [0.2, 0.25) is 0 Å². The Bertz CT molecular complexity index is 152. The van der Waals surface area contributed by atoms with E-state index < -0.39 is 5.97 Å². The van der Waals surface area contributed by atoms with Crippen LogP contribution in [0.15, 0.2) is 0 Å². The summed E-state index contributed by atoms with van der Waals surface area (Å²) >= 11 is 0. The minimum atomic E-state index is -0.748. The molecule has 0 radical (unpaired) electrons. The maximum absolute atomic E-state index is 10.5. The normalized spacial score (nSPS) is 23.8. The smallest absolute Gasteiger partial charge is 0.308 e. The zero-order valence-electron chi connectivity index (χ0n) is 6.13. The fourth-order valence-electron chi connectivity index (χ4n) is 1.23. The van der Waals surface area contributed by atoms with Crippen molar-refractivity contribution >= 4 is 5.97 Å². The van der Waals surface area contributed by atoms with Crippen molar-refractivity contribution in [3.05, 3.63) is 0 Å². The molecule has 3 N–H and O–H groups in total. The highest BCUT2D eigenvalue weighted by atomic mass is 16.4. The Morgan fingerprint density at radius 2 is 2.30 bits per heavy atom. The molecular formula is C7H13NO2. The number of aliphatic carboxylic acids is 1. The Kier molecular flexibility index (Phi) is 1.68. The first-order chi connectivity index (χ1) is 4.60. The van der Waals surface area contributed by atoms with Gasteiger partial charge in [0, 0.05) is 6.54 Å². The summed E-state index contributed by atoms with van der Waals surface area (Å²) in [5, 5.41) is 8.67. The van der Waals surface area contributed by atoms with Gasteiger partial charge < -0.3 is 10.8 Å². The van der Waals surface area contributed by atoms with Crippen LogP contribution in [0.2, 0.25) is 0 Å². The van der Waals surface area contributed by atoms with Crippen molar-refractivity contribution in [3.8, 4) is 0 Å². The maximum atomic E-state index is 10.5. The monoisotopic (exact) mass is 143 g/mol. The Hall–Kier alpha value is -0.570. The Morgan fingerprint density at radius 3 is 2.40 bits per heavy atom. The van der Waals surface area contributed by atoms with Gasteiger partial charge in [0.15, 0.2) is 0 Å². The fraction of sp³-hybridized carbons (Fsp3) is 0.857. The first-order valence-electron chi connectivity index (χ1n) is 3.53. The molecule has 1 rings (SSSR count). The molecule has 1 saturated carbocycles. The summed E-state index contributed by atoms with van der Waals surface area (Å²) in [6, 6.07) is 0. The van der Waals surface area contributed by atoms with Crippen LogP contribution >= 0.6 is 0 Å². The van der Waals surface area contributed by atoms with Crippen molar-refractivity contribution in [1.82, 2.24) is 0 Å². The van der Waals surface area contributed by atoms with Crippen molar-refractivity contribution < 1.29 is 9.90 Å². The lowest BCUT2D eigenvalue weighted by molar-refractivity contribution is -0.143. The van der Waals surface area contributed by atoms with Gasteiger partial charge in [-0.1, -0.05) is 6.92 Å². The average Bonchev–Trinajstić information content (AvgIpc) is 2.49. The first kappa shape index (κ1) is 7.54. The Labute approximate surface area is 60.2 Å². The van der Waals surface area contributed by atoms with Crippen LogP contribution in [-0.2, 0) is 4.79 Å². The van der Waals surface area contributed by atoms with Crippen LogP contribution in [0.5, 0.6) is 0 Å². The van der Waals surface area contributed by atoms with Crippen LogP contribution in [-0.4, -0.2) is 17.6 Å². The first-order valence-corrected chi connectivity index (χ1v) is 3.53. The summed E-state index contributed by atoms with van der Waals surface area (Å²) in [4.78, 5) is 10.5. The maximum Gasteiger partial charge on any atom is 0.308 e. The molecule has 1 atom stereocenters. The molecule has 0 aromatic heterocycles. The lowest BCUT2D eigenvalue weighted by Crippen LogP contribution is -2.30. The van der Waals surface area contributed by atoms with Gasteiger partial charge in [-0.25, -0.2) is 0 Å². The number of rotatable bonds is 3. The molecule has 1 aliphatic carbocycles. The molecule has 0 spiro atoms. The van der Waals surface area contributed by atoms with Gasteiger partial charge in [-0.05, 0) is 18.3 Å². The summed E-state index contributed by atoms with van der Waals surface area (Å²) in [5.41, 5.74) is 5.33. The van der Waals surface area contributed by atoms with Crippen molar-refractivity contribution in [2.45, 2.75) is 19.8 Å². The van der Waals surface area contributed by atoms with Gasteiger partial charge in [-0.15, -0.1) is 0 Å². The van der Waals surface area contributed by atoms with Crippen molar-refractivity contribution in [3.63, 3.8) is 0 Å². The number of hydrogen-bond donors (Lipinski definition) is 2. The minimum absolute atomic E-state index is 0.0145. The molecule has 58 valence electrons. The van der Waals surface area contributed by atoms with Crippen molar-refractivity contribution in [2.24, 2.45) is 17.1 Å². The molecule has 0 aromatic rings. The van der Waals surface area contributed by atoms with Gasteiger partial charge in [0.05, 0.1) is 5.92 Å². The summed E-state index contributed by atoms with van der Waals surface area (Å²) in [6.07, 6.45) is 2.03. The van der Waals surface area contributed by atoms with E-state index in [-0.39, 0.29) is 17.9 Å². The topological polar surface area (TPSA) is 63.3 Å². The standard InChI is InChI=1S/C7H13NO2/c1-7(2-3-7)5(4-8)6(9)10/h5H,2-4,8H2,1H3,(H,9,10). The third-order valence-electron chi connectivity index (χ3n) is 2.41. The van der Waals surface area contributed by atoms with Gasteiger partial charge in [0.25, 0.3) is 0 Å². The average molecular weight is 143 g/mol. The van der Waals surface area contributed by atoms with E-state index in [9.17, 15) is 4.79 Å². The third kappa shape index (κ3) is 1.14. The van der Waals surface area contributed by atoms with E-state index in [0.717, 1.165) is 12.8 Å². The molecular weight excluding hydrogens is 130 g/mol. The van der Waals surface area contributed by atoms with E-state index in [1.54, 1.807) is 0 Å². The number of carboxylic acids is 1. The van der Waals surface area contributed by atoms with Gasteiger partial charge in [0.1, 0.15) is 0 Å². The van der Waals surface area contributed by atoms with Crippen LogP contribution < -0.4 is 5.73 Å². The summed E-state index contributed by atoms with van der Waals surface area (Å²) < 4.78 is 0. The highest BCUT2D eigenvalue weighted by molar-refractivity contribution is 5.71. The largest absolute Gasteiger partial charge is 0.481 e. The van der Waals surface area contributed by atoms with Gasteiger partial charge in [-0.2, -0.15) is 0 Å². The van der Waals surface area contributed by atoms with E-state index >= 15 is 0 Å². The van der Waals surface area contributed by atoms with E-state index in [1.807, 2.05) is 6.92 Å². The number of carboxylic acid groups (broad SMARTS) is 1. The molecule has 0 heterocycles. The Morgan fingerprint density at radius 1 is 1.80 bits per heavy atom. The number of nitrogens with two attached hydrogens (primary N) is 1. The fourth-order valence-corrected chi connectivity index (χ4v) is 1.23. The van der Waals surface area contributed by atoms with Gasteiger partial charge >= 0.3 is 5.97 Å². The van der Waals surface area contributed by atoms with E-state index in [2.05, 4.69) is 0 Å². The third-order valence-corrected chi connectivity index (χ3v) is 2.41. The molecule has 1 fully saturated rings. The van der Waals surface area contributed by atoms with Crippen LogP contribution in [0.25, 0.3) is 0 Å². The van der Waals surface area contributed by atoms with Gasteiger partial charge in [-0.3, -0.25) is 4.79 Å². The minimum Gasteiger partial charge on any atom is -0.481 e. The molecule has 0 aliphatic heterocycles. The Balaban J connectivity index is 2.57. The highest BCUT2D eigenvalue weighted by Gasteiger charge is 2.47. The lowest BCUT2D eigenvalue weighted by atomic mass is 9.91. The van der Waals surface area contributed by atoms with Crippen molar-refractivity contribution in [2.75, 3.05) is 6.54 Å². The van der Waals surface area contributed by atoms with E-state index in [0.29, 0.717) is 0 Å². The van der Waals surface area contributed by atoms with Crippen LogP contribution in [0, 0.1) is 11.3 Å². The second kappa shape index (κ2) is 2.23. The lowest BCUT2D eigenvalue weighted by Gasteiger charge is -2.15. The quantitative estimate of drug-likeness (QED) is 0.602. The molecule has 0 aromatic carbocycles. The summed E-state index contributed by atoms with van der Waals surface area (Å²) in [7, 11) is 0. The van der Waals surface area contributed by atoms with Crippen molar-refractivity contribution in [1.29, 1.82) is 0 Å². The number of hydrogen-bond acceptors (Lipinski definition) is 2. The molecule has 1 unspecified atom stereocenters. The predicted molar refractivity (Wildman–Crippen MR) is 37.5 cm³/mol. The molecule has 1 aliphatic rings. The molecule has 0 amide bonds. The van der Waals surface area contributed by atoms with Crippen LogP contribution in [0.4, 0.5) is 0 Å². The second-order valence-corrected chi connectivity index (χ2v) is 3.28. The zero-order chi connectivity index (χ0) is 7.78. The van der Waals surface area contributed by atoms with E-state index in [4.69, 9.17) is 10.8 Å².